The van der Waals surface area contributed by atoms with Gasteiger partial charge in [-0.1, -0.05) is 37.6 Å². The first-order valence-electron chi connectivity index (χ1n) is 5.65. The van der Waals surface area contributed by atoms with Crippen molar-refractivity contribution < 1.29 is 0 Å². The maximum absolute atomic E-state index is 6.12. The van der Waals surface area contributed by atoms with E-state index in [4.69, 9.17) is 5.73 Å². The van der Waals surface area contributed by atoms with Crippen molar-refractivity contribution in [3.05, 3.63) is 35.4 Å². The number of hydrogen-bond acceptors (Lipinski definition) is 1. The van der Waals surface area contributed by atoms with Crippen molar-refractivity contribution in [2.45, 2.75) is 38.6 Å². The first-order chi connectivity index (χ1) is 6.81. The van der Waals surface area contributed by atoms with E-state index in [1.165, 1.54) is 36.8 Å². The highest BCUT2D eigenvalue weighted by Gasteiger charge is 2.29. The molecule has 0 aromatic heterocycles. The summed E-state index contributed by atoms with van der Waals surface area (Å²) in [5, 5.41) is 0. The monoisotopic (exact) mass is 189 g/mol. The molecule has 1 fully saturated rings. The Bertz CT molecular complexity index is 285. The molecule has 76 valence electrons. The molecule has 0 radical (unpaired) electrons. The van der Waals surface area contributed by atoms with Gasteiger partial charge in [0.1, 0.15) is 0 Å². The SMILES string of the molecule is CCCc1ccc([C@H](N)C2CC2)cc1. The highest BCUT2D eigenvalue weighted by atomic mass is 14.7. The summed E-state index contributed by atoms with van der Waals surface area (Å²) in [5.41, 5.74) is 8.87. The van der Waals surface area contributed by atoms with Gasteiger partial charge in [0.2, 0.25) is 0 Å². The van der Waals surface area contributed by atoms with Gasteiger partial charge in [-0.05, 0) is 36.3 Å². The number of aryl methyl sites for hydroxylation is 1. The quantitative estimate of drug-likeness (QED) is 0.774. The fraction of sp³-hybridized carbons (Fsp3) is 0.538. The van der Waals surface area contributed by atoms with Crippen LogP contribution in [0.4, 0.5) is 0 Å². The first kappa shape index (κ1) is 9.72. The van der Waals surface area contributed by atoms with Crippen molar-refractivity contribution >= 4 is 0 Å². The van der Waals surface area contributed by atoms with E-state index in [1.807, 2.05) is 0 Å². The molecule has 1 aliphatic carbocycles. The third kappa shape index (κ3) is 2.16. The average molecular weight is 189 g/mol. The Balaban J connectivity index is 2.04. The molecule has 2 N–H and O–H groups in total. The van der Waals surface area contributed by atoms with Crippen LogP contribution in [0, 0.1) is 5.92 Å². The third-order valence-electron chi connectivity index (χ3n) is 3.03. The van der Waals surface area contributed by atoms with Crippen LogP contribution in [0.5, 0.6) is 0 Å². The van der Waals surface area contributed by atoms with Crippen molar-refractivity contribution in [2.75, 3.05) is 0 Å². The number of nitrogens with two attached hydrogens (primary N) is 1. The minimum absolute atomic E-state index is 0.283. The standard InChI is InChI=1S/C13H19N/c1-2-3-10-4-6-11(7-5-10)13(14)12-8-9-12/h4-7,12-13H,2-3,8-9,14H2,1H3/t13-/m0/s1. The molecule has 1 aliphatic rings. The van der Waals surface area contributed by atoms with Crippen LogP contribution in [-0.2, 0) is 6.42 Å². The largest absolute Gasteiger partial charge is 0.324 e. The highest BCUT2D eigenvalue weighted by Crippen LogP contribution is 2.39. The van der Waals surface area contributed by atoms with E-state index in [0.717, 1.165) is 5.92 Å². The van der Waals surface area contributed by atoms with Gasteiger partial charge in [-0.25, -0.2) is 0 Å². The van der Waals surface area contributed by atoms with Crippen LogP contribution in [0.1, 0.15) is 43.4 Å². The van der Waals surface area contributed by atoms with Gasteiger partial charge >= 0.3 is 0 Å². The zero-order chi connectivity index (χ0) is 9.97. The molecule has 0 unspecified atom stereocenters. The molecule has 0 spiro atoms. The van der Waals surface area contributed by atoms with Gasteiger partial charge < -0.3 is 5.73 Å². The van der Waals surface area contributed by atoms with Gasteiger partial charge in [-0.3, -0.25) is 0 Å². The van der Waals surface area contributed by atoms with Crippen LogP contribution in [0.3, 0.4) is 0 Å². The predicted octanol–water partition coefficient (Wildman–Crippen LogP) is 3.05. The normalized spacial score (nSPS) is 18.1. The zero-order valence-electron chi connectivity index (χ0n) is 8.87. The van der Waals surface area contributed by atoms with Crippen molar-refractivity contribution in [3.63, 3.8) is 0 Å². The molecule has 14 heavy (non-hydrogen) atoms. The van der Waals surface area contributed by atoms with Crippen LogP contribution in [0.15, 0.2) is 24.3 Å². The smallest absolute Gasteiger partial charge is 0.0323 e. The number of hydrogen-bond donors (Lipinski definition) is 1. The van der Waals surface area contributed by atoms with E-state index in [1.54, 1.807) is 0 Å². The third-order valence-corrected chi connectivity index (χ3v) is 3.03. The Hall–Kier alpha value is -0.820. The molecule has 0 bridgehead atoms. The summed E-state index contributed by atoms with van der Waals surface area (Å²) in [5.74, 6) is 0.757. The summed E-state index contributed by atoms with van der Waals surface area (Å²) in [6, 6.07) is 9.13. The maximum Gasteiger partial charge on any atom is 0.0323 e. The van der Waals surface area contributed by atoms with E-state index in [2.05, 4.69) is 31.2 Å². The number of rotatable bonds is 4. The summed E-state index contributed by atoms with van der Waals surface area (Å²) >= 11 is 0. The molecular weight excluding hydrogens is 170 g/mol. The number of benzene rings is 1. The Morgan fingerprint density at radius 1 is 1.29 bits per heavy atom. The van der Waals surface area contributed by atoms with Crippen LogP contribution in [0.2, 0.25) is 0 Å². The molecule has 1 atom stereocenters. The Morgan fingerprint density at radius 2 is 1.93 bits per heavy atom. The Morgan fingerprint density at radius 3 is 2.43 bits per heavy atom. The summed E-state index contributed by atoms with van der Waals surface area (Å²) in [6.45, 7) is 2.21. The fourth-order valence-corrected chi connectivity index (χ4v) is 1.92. The van der Waals surface area contributed by atoms with E-state index in [0.29, 0.717) is 0 Å². The molecular formula is C13H19N. The maximum atomic E-state index is 6.12. The molecule has 0 heterocycles. The van der Waals surface area contributed by atoms with Gasteiger partial charge in [0.25, 0.3) is 0 Å². The molecule has 0 amide bonds. The fourth-order valence-electron chi connectivity index (χ4n) is 1.92. The molecule has 2 rings (SSSR count). The van der Waals surface area contributed by atoms with E-state index < -0.39 is 0 Å². The van der Waals surface area contributed by atoms with Gasteiger partial charge in [-0.15, -0.1) is 0 Å². The molecule has 1 heteroatoms. The van der Waals surface area contributed by atoms with Gasteiger partial charge in [0.15, 0.2) is 0 Å². The van der Waals surface area contributed by atoms with Crippen LogP contribution >= 0.6 is 0 Å². The van der Waals surface area contributed by atoms with E-state index in [9.17, 15) is 0 Å². The lowest BCUT2D eigenvalue weighted by molar-refractivity contribution is 0.633. The topological polar surface area (TPSA) is 26.0 Å². The molecule has 1 aromatic carbocycles. The van der Waals surface area contributed by atoms with E-state index in [-0.39, 0.29) is 6.04 Å². The molecule has 1 aromatic rings. The first-order valence-corrected chi connectivity index (χ1v) is 5.65. The molecule has 1 saturated carbocycles. The highest BCUT2D eigenvalue weighted by molar-refractivity contribution is 5.26. The lowest BCUT2D eigenvalue weighted by Crippen LogP contribution is -2.12. The van der Waals surface area contributed by atoms with Crippen molar-refractivity contribution in [3.8, 4) is 0 Å². The second kappa shape index (κ2) is 4.14. The van der Waals surface area contributed by atoms with Crippen molar-refractivity contribution in [2.24, 2.45) is 11.7 Å². The van der Waals surface area contributed by atoms with Crippen LogP contribution < -0.4 is 5.73 Å². The molecule has 1 nitrogen and oxygen atoms in total. The van der Waals surface area contributed by atoms with Gasteiger partial charge in [0, 0.05) is 6.04 Å². The second-order valence-corrected chi connectivity index (χ2v) is 4.35. The average Bonchev–Trinajstić information content (AvgIpc) is 3.02. The zero-order valence-corrected chi connectivity index (χ0v) is 8.87. The Labute approximate surface area is 86.3 Å². The predicted molar refractivity (Wildman–Crippen MR) is 60.1 cm³/mol. The molecule has 0 saturated heterocycles. The lowest BCUT2D eigenvalue weighted by atomic mass is 10.0. The summed E-state index contributed by atoms with van der Waals surface area (Å²) in [4.78, 5) is 0. The lowest BCUT2D eigenvalue weighted by Gasteiger charge is -2.10. The Kier molecular flexibility index (Phi) is 2.87. The van der Waals surface area contributed by atoms with Gasteiger partial charge in [0.05, 0.1) is 0 Å². The van der Waals surface area contributed by atoms with Crippen LogP contribution in [0.25, 0.3) is 0 Å². The van der Waals surface area contributed by atoms with Gasteiger partial charge in [-0.2, -0.15) is 0 Å². The minimum Gasteiger partial charge on any atom is -0.324 e. The summed E-state index contributed by atoms with van der Waals surface area (Å²) in [6.07, 6.45) is 5.03. The van der Waals surface area contributed by atoms with E-state index >= 15 is 0 Å². The summed E-state index contributed by atoms with van der Waals surface area (Å²) < 4.78 is 0. The second-order valence-electron chi connectivity index (χ2n) is 4.35. The minimum atomic E-state index is 0.283. The van der Waals surface area contributed by atoms with Crippen molar-refractivity contribution in [1.82, 2.24) is 0 Å². The molecule has 0 aliphatic heterocycles. The van der Waals surface area contributed by atoms with Crippen molar-refractivity contribution in [1.29, 1.82) is 0 Å². The summed E-state index contributed by atoms with van der Waals surface area (Å²) in [7, 11) is 0. The van der Waals surface area contributed by atoms with Crippen LogP contribution in [-0.4, -0.2) is 0 Å².